The molecular weight excluding hydrogens is 256 g/mol. The van der Waals surface area contributed by atoms with Gasteiger partial charge in [0, 0.05) is 32.0 Å². The number of aliphatic hydroxyl groups excluding tert-OH is 1. The molecule has 2 atom stereocenters. The third-order valence-electron chi connectivity index (χ3n) is 4.22. The molecule has 0 spiro atoms. The van der Waals surface area contributed by atoms with Gasteiger partial charge in [-0.25, -0.2) is 0 Å². The van der Waals surface area contributed by atoms with Crippen molar-refractivity contribution in [2.45, 2.75) is 26.2 Å². The predicted molar refractivity (Wildman–Crippen MR) is 75.7 cm³/mol. The summed E-state index contributed by atoms with van der Waals surface area (Å²) in [7, 11) is 1.76. The standard InChI is InChI=1S/C15H22N2O3/c1-10(19)13-6-14(17(2)8-13)15(20)16-7-11-4-3-5-12(11)9-18/h6,8,11-12,18H,3-5,7,9H2,1-2H3,(H,16,20). The highest BCUT2D eigenvalue weighted by molar-refractivity contribution is 5.99. The number of Topliss-reactive ketones (excluding diaryl/α,β-unsaturated/α-hetero) is 1. The molecule has 5 heteroatoms. The first kappa shape index (κ1) is 14.8. The molecule has 0 saturated heterocycles. The second-order valence-corrected chi connectivity index (χ2v) is 5.62. The zero-order valence-corrected chi connectivity index (χ0v) is 12.1. The molecule has 20 heavy (non-hydrogen) atoms. The van der Waals surface area contributed by atoms with Crippen molar-refractivity contribution in [1.82, 2.24) is 9.88 Å². The van der Waals surface area contributed by atoms with Crippen LogP contribution in [0.5, 0.6) is 0 Å². The molecule has 1 fully saturated rings. The van der Waals surface area contributed by atoms with Gasteiger partial charge in [-0.15, -0.1) is 0 Å². The van der Waals surface area contributed by atoms with Gasteiger partial charge in [0.05, 0.1) is 0 Å². The number of aliphatic hydroxyl groups is 1. The average Bonchev–Trinajstić information content (AvgIpc) is 3.01. The fraction of sp³-hybridized carbons (Fsp3) is 0.600. The second kappa shape index (κ2) is 6.22. The van der Waals surface area contributed by atoms with E-state index in [-0.39, 0.29) is 18.3 Å². The number of hydrogen-bond acceptors (Lipinski definition) is 3. The molecule has 0 bridgehead atoms. The Balaban J connectivity index is 1.96. The van der Waals surface area contributed by atoms with Crippen molar-refractivity contribution in [2.75, 3.05) is 13.2 Å². The molecule has 1 aliphatic rings. The highest BCUT2D eigenvalue weighted by Crippen LogP contribution is 2.30. The van der Waals surface area contributed by atoms with Crippen LogP contribution in [-0.4, -0.2) is 34.5 Å². The van der Waals surface area contributed by atoms with Gasteiger partial charge in [0.1, 0.15) is 5.69 Å². The number of nitrogens with one attached hydrogen (secondary N) is 1. The number of carbonyl (C=O) groups excluding carboxylic acids is 2. The fourth-order valence-corrected chi connectivity index (χ4v) is 2.92. The molecule has 2 N–H and O–H groups in total. The Morgan fingerprint density at radius 1 is 1.40 bits per heavy atom. The average molecular weight is 278 g/mol. The minimum absolute atomic E-state index is 0.0456. The van der Waals surface area contributed by atoms with Crippen molar-refractivity contribution in [1.29, 1.82) is 0 Å². The van der Waals surface area contributed by atoms with Crippen LogP contribution < -0.4 is 5.32 Å². The van der Waals surface area contributed by atoms with Gasteiger partial charge in [0.25, 0.3) is 5.91 Å². The minimum Gasteiger partial charge on any atom is -0.396 e. The van der Waals surface area contributed by atoms with Crippen LogP contribution in [0.1, 0.15) is 47.0 Å². The summed E-state index contributed by atoms with van der Waals surface area (Å²) < 4.78 is 1.67. The summed E-state index contributed by atoms with van der Waals surface area (Å²) in [5.74, 6) is 0.451. The Morgan fingerprint density at radius 2 is 2.10 bits per heavy atom. The van der Waals surface area contributed by atoms with E-state index in [2.05, 4.69) is 5.32 Å². The van der Waals surface area contributed by atoms with E-state index in [1.165, 1.54) is 6.92 Å². The summed E-state index contributed by atoms with van der Waals surface area (Å²) in [6.07, 6.45) is 4.88. The van der Waals surface area contributed by atoms with Gasteiger partial charge in [-0.1, -0.05) is 6.42 Å². The molecule has 0 aliphatic heterocycles. The smallest absolute Gasteiger partial charge is 0.267 e. The van der Waals surface area contributed by atoms with Gasteiger partial charge in [0.15, 0.2) is 5.78 Å². The molecule has 2 rings (SSSR count). The van der Waals surface area contributed by atoms with Crippen molar-refractivity contribution < 1.29 is 14.7 Å². The van der Waals surface area contributed by atoms with Crippen molar-refractivity contribution in [3.8, 4) is 0 Å². The Hall–Kier alpha value is -1.62. The van der Waals surface area contributed by atoms with E-state index in [0.717, 1.165) is 19.3 Å². The van der Waals surface area contributed by atoms with Gasteiger partial charge < -0.3 is 15.0 Å². The van der Waals surface area contributed by atoms with Crippen molar-refractivity contribution in [3.05, 3.63) is 23.5 Å². The van der Waals surface area contributed by atoms with Crippen molar-refractivity contribution in [3.63, 3.8) is 0 Å². The lowest BCUT2D eigenvalue weighted by atomic mass is 9.97. The zero-order chi connectivity index (χ0) is 14.7. The van der Waals surface area contributed by atoms with E-state index in [1.807, 2.05) is 0 Å². The number of hydrogen-bond donors (Lipinski definition) is 2. The van der Waals surface area contributed by atoms with Crippen LogP contribution in [-0.2, 0) is 7.05 Å². The maximum Gasteiger partial charge on any atom is 0.267 e. The van der Waals surface area contributed by atoms with Crippen LogP contribution in [0.4, 0.5) is 0 Å². The number of ketones is 1. The van der Waals surface area contributed by atoms with Gasteiger partial charge in [0.2, 0.25) is 0 Å². The molecule has 110 valence electrons. The molecular formula is C15H22N2O3. The number of carbonyl (C=O) groups is 2. The molecule has 1 aromatic heterocycles. The van der Waals surface area contributed by atoms with Crippen LogP contribution in [0.15, 0.2) is 12.3 Å². The van der Waals surface area contributed by atoms with E-state index >= 15 is 0 Å². The summed E-state index contributed by atoms with van der Waals surface area (Å²) in [5, 5.41) is 12.2. The van der Waals surface area contributed by atoms with Gasteiger partial charge >= 0.3 is 0 Å². The first-order valence-electron chi connectivity index (χ1n) is 7.09. The normalized spacial score (nSPS) is 21.9. The van der Waals surface area contributed by atoms with Crippen molar-refractivity contribution in [2.24, 2.45) is 18.9 Å². The predicted octanol–water partition coefficient (Wildman–Crippen LogP) is 1.37. The van der Waals surface area contributed by atoms with Crippen LogP contribution >= 0.6 is 0 Å². The lowest BCUT2D eigenvalue weighted by molar-refractivity contribution is 0.0929. The Morgan fingerprint density at radius 3 is 2.70 bits per heavy atom. The van der Waals surface area contributed by atoms with E-state index in [4.69, 9.17) is 0 Å². The molecule has 0 aromatic carbocycles. The minimum atomic E-state index is -0.163. The van der Waals surface area contributed by atoms with E-state index in [1.54, 1.807) is 23.9 Å². The summed E-state index contributed by atoms with van der Waals surface area (Å²) in [5.41, 5.74) is 1.04. The number of amides is 1. The maximum atomic E-state index is 12.1. The van der Waals surface area contributed by atoms with Crippen molar-refractivity contribution >= 4 is 11.7 Å². The number of rotatable bonds is 5. The largest absolute Gasteiger partial charge is 0.396 e. The first-order valence-corrected chi connectivity index (χ1v) is 7.09. The zero-order valence-electron chi connectivity index (χ0n) is 12.1. The Bertz CT molecular complexity index is 507. The summed E-state index contributed by atoms with van der Waals surface area (Å²) in [4.78, 5) is 23.5. The highest BCUT2D eigenvalue weighted by Gasteiger charge is 2.27. The van der Waals surface area contributed by atoms with E-state index in [0.29, 0.717) is 29.6 Å². The van der Waals surface area contributed by atoms with Crippen LogP contribution in [0, 0.1) is 11.8 Å². The monoisotopic (exact) mass is 278 g/mol. The second-order valence-electron chi connectivity index (χ2n) is 5.62. The van der Waals surface area contributed by atoms with Gasteiger partial charge in [-0.2, -0.15) is 0 Å². The summed E-state index contributed by atoms with van der Waals surface area (Å²) in [6, 6.07) is 1.62. The van der Waals surface area contributed by atoms with E-state index in [9.17, 15) is 14.7 Å². The maximum absolute atomic E-state index is 12.1. The van der Waals surface area contributed by atoms with Crippen LogP contribution in [0.25, 0.3) is 0 Å². The SMILES string of the molecule is CC(=O)c1cc(C(=O)NCC2CCCC2CO)n(C)c1. The molecule has 1 aliphatic carbocycles. The lowest BCUT2D eigenvalue weighted by Gasteiger charge is -2.17. The van der Waals surface area contributed by atoms with Crippen LogP contribution in [0.2, 0.25) is 0 Å². The summed E-state index contributed by atoms with van der Waals surface area (Å²) in [6.45, 7) is 2.27. The molecule has 0 radical (unpaired) electrons. The third kappa shape index (κ3) is 3.10. The topological polar surface area (TPSA) is 71.3 Å². The van der Waals surface area contributed by atoms with E-state index < -0.39 is 0 Å². The number of aromatic nitrogens is 1. The van der Waals surface area contributed by atoms with Gasteiger partial charge in [-0.3, -0.25) is 9.59 Å². The van der Waals surface area contributed by atoms with Crippen LogP contribution in [0.3, 0.4) is 0 Å². The molecule has 1 saturated carbocycles. The molecule has 5 nitrogen and oxygen atoms in total. The van der Waals surface area contributed by atoms with Gasteiger partial charge in [-0.05, 0) is 37.7 Å². The Kier molecular flexibility index (Phi) is 4.60. The number of nitrogens with zero attached hydrogens (tertiary/aromatic N) is 1. The molecule has 2 unspecified atom stereocenters. The first-order chi connectivity index (χ1) is 9.52. The molecule has 1 aromatic rings. The lowest BCUT2D eigenvalue weighted by Crippen LogP contribution is -2.32. The quantitative estimate of drug-likeness (QED) is 0.799. The molecule has 1 heterocycles. The fourth-order valence-electron chi connectivity index (χ4n) is 2.92. The number of aryl methyl sites for hydroxylation is 1. The third-order valence-corrected chi connectivity index (χ3v) is 4.22. The molecule has 1 amide bonds. The highest BCUT2D eigenvalue weighted by atomic mass is 16.3. The summed E-state index contributed by atoms with van der Waals surface area (Å²) >= 11 is 0. The Labute approximate surface area is 119 Å².